The molecule has 1 atom stereocenters. The Morgan fingerprint density at radius 3 is 2.89 bits per heavy atom. The number of hydrogen-bond acceptors (Lipinski definition) is 3. The Balaban J connectivity index is 2.23. The predicted molar refractivity (Wildman–Crippen MR) is 74.4 cm³/mol. The molecule has 1 fully saturated rings. The molecule has 0 aromatic heterocycles. The lowest BCUT2D eigenvalue weighted by Gasteiger charge is -2.24. The van der Waals surface area contributed by atoms with Crippen LogP contribution in [0.25, 0.3) is 0 Å². The average molecular weight is 283 g/mol. The van der Waals surface area contributed by atoms with Crippen LogP contribution in [0.3, 0.4) is 0 Å². The summed E-state index contributed by atoms with van der Waals surface area (Å²) in [6.07, 6.45) is 3.19. The van der Waals surface area contributed by atoms with Crippen LogP contribution in [0.5, 0.6) is 0 Å². The Kier molecular flexibility index (Phi) is 4.60. The second-order valence-electron chi connectivity index (χ2n) is 5.09. The highest BCUT2D eigenvalue weighted by atomic mass is 32.2. The lowest BCUT2D eigenvalue weighted by atomic mass is 10.1. The first-order valence-corrected chi connectivity index (χ1v) is 8.19. The number of nitrogens with zero attached hydrogens (tertiary/aromatic N) is 1. The van der Waals surface area contributed by atoms with Crippen LogP contribution in [0.2, 0.25) is 0 Å². The zero-order valence-electron chi connectivity index (χ0n) is 11.2. The van der Waals surface area contributed by atoms with E-state index in [1.165, 1.54) is 0 Å². The molecule has 1 N–H and O–H groups in total. The van der Waals surface area contributed by atoms with Crippen molar-refractivity contribution in [2.75, 3.05) is 13.2 Å². The van der Waals surface area contributed by atoms with E-state index in [-0.39, 0.29) is 12.6 Å². The first-order chi connectivity index (χ1) is 9.05. The van der Waals surface area contributed by atoms with E-state index in [0.717, 1.165) is 24.8 Å². The maximum Gasteiger partial charge on any atom is 0.243 e. The van der Waals surface area contributed by atoms with Gasteiger partial charge < -0.3 is 5.11 Å². The van der Waals surface area contributed by atoms with Crippen molar-refractivity contribution in [3.05, 3.63) is 29.8 Å². The Bertz CT molecular complexity index is 527. The fourth-order valence-electron chi connectivity index (χ4n) is 2.65. The SMILES string of the molecule is Cc1cccc(S(=O)(=O)N2CCCC2CCCO)c1. The largest absolute Gasteiger partial charge is 0.396 e. The first-order valence-electron chi connectivity index (χ1n) is 6.75. The summed E-state index contributed by atoms with van der Waals surface area (Å²) < 4.78 is 26.9. The molecule has 0 amide bonds. The Morgan fingerprint density at radius 1 is 1.42 bits per heavy atom. The number of aryl methyl sites for hydroxylation is 1. The average Bonchev–Trinajstić information content (AvgIpc) is 2.85. The second-order valence-corrected chi connectivity index (χ2v) is 6.98. The molecule has 2 rings (SSSR count). The molecule has 106 valence electrons. The van der Waals surface area contributed by atoms with Gasteiger partial charge in [0.15, 0.2) is 0 Å². The van der Waals surface area contributed by atoms with Crippen LogP contribution in [0.4, 0.5) is 0 Å². The van der Waals surface area contributed by atoms with Gasteiger partial charge >= 0.3 is 0 Å². The smallest absolute Gasteiger partial charge is 0.243 e. The van der Waals surface area contributed by atoms with Crippen molar-refractivity contribution in [2.24, 2.45) is 0 Å². The van der Waals surface area contributed by atoms with Gasteiger partial charge in [-0.3, -0.25) is 0 Å². The van der Waals surface area contributed by atoms with Crippen molar-refractivity contribution in [3.8, 4) is 0 Å². The lowest BCUT2D eigenvalue weighted by Crippen LogP contribution is -2.35. The summed E-state index contributed by atoms with van der Waals surface area (Å²) in [5.41, 5.74) is 0.951. The zero-order chi connectivity index (χ0) is 13.9. The summed E-state index contributed by atoms with van der Waals surface area (Å²) in [5.74, 6) is 0. The third kappa shape index (κ3) is 3.16. The fraction of sp³-hybridized carbons (Fsp3) is 0.571. The standard InChI is InChI=1S/C14H21NO3S/c1-12-5-2-8-14(11-12)19(17,18)15-9-3-6-13(15)7-4-10-16/h2,5,8,11,13,16H,3-4,6-7,9-10H2,1H3. The minimum Gasteiger partial charge on any atom is -0.396 e. The van der Waals surface area contributed by atoms with Crippen LogP contribution >= 0.6 is 0 Å². The van der Waals surface area contributed by atoms with Gasteiger partial charge in [-0.15, -0.1) is 0 Å². The van der Waals surface area contributed by atoms with Crippen LogP contribution in [0.15, 0.2) is 29.2 Å². The van der Waals surface area contributed by atoms with Crippen molar-refractivity contribution >= 4 is 10.0 Å². The van der Waals surface area contributed by atoms with Crippen molar-refractivity contribution in [1.82, 2.24) is 4.31 Å². The third-order valence-corrected chi connectivity index (χ3v) is 5.56. The van der Waals surface area contributed by atoms with Gasteiger partial charge in [0, 0.05) is 19.2 Å². The number of hydrogen-bond donors (Lipinski definition) is 1. The van der Waals surface area contributed by atoms with Gasteiger partial charge in [-0.25, -0.2) is 8.42 Å². The molecule has 0 spiro atoms. The fourth-order valence-corrected chi connectivity index (χ4v) is 4.48. The molecule has 1 heterocycles. The molecule has 0 saturated carbocycles. The monoisotopic (exact) mass is 283 g/mol. The van der Waals surface area contributed by atoms with Gasteiger partial charge in [-0.2, -0.15) is 4.31 Å². The van der Waals surface area contributed by atoms with Crippen molar-refractivity contribution in [2.45, 2.75) is 43.5 Å². The van der Waals surface area contributed by atoms with Crippen molar-refractivity contribution in [3.63, 3.8) is 0 Å². The van der Waals surface area contributed by atoms with E-state index in [2.05, 4.69) is 0 Å². The molecule has 0 aliphatic carbocycles. The molecule has 1 aliphatic heterocycles. The van der Waals surface area contributed by atoms with Gasteiger partial charge in [0.2, 0.25) is 10.0 Å². The molecule has 1 aromatic rings. The molecule has 1 aromatic carbocycles. The highest BCUT2D eigenvalue weighted by molar-refractivity contribution is 7.89. The lowest BCUT2D eigenvalue weighted by molar-refractivity contribution is 0.264. The highest BCUT2D eigenvalue weighted by Gasteiger charge is 2.34. The molecule has 1 aliphatic rings. The normalized spacial score (nSPS) is 20.8. The van der Waals surface area contributed by atoms with Gasteiger partial charge in [-0.1, -0.05) is 12.1 Å². The van der Waals surface area contributed by atoms with Crippen molar-refractivity contribution < 1.29 is 13.5 Å². The number of aliphatic hydroxyl groups excluding tert-OH is 1. The van der Waals surface area contributed by atoms with E-state index in [1.54, 1.807) is 22.5 Å². The summed E-state index contributed by atoms with van der Waals surface area (Å²) in [4.78, 5) is 0.378. The van der Waals surface area contributed by atoms with Gasteiger partial charge in [0.05, 0.1) is 4.90 Å². The number of sulfonamides is 1. The topological polar surface area (TPSA) is 57.6 Å². The number of aliphatic hydroxyl groups is 1. The van der Waals surface area contributed by atoms with E-state index in [9.17, 15) is 8.42 Å². The zero-order valence-corrected chi connectivity index (χ0v) is 12.1. The number of benzene rings is 1. The van der Waals surface area contributed by atoms with Crippen LogP contribution in [0.1, 0.15) is 31.2 Å². The molecule has 0 radical (unpaired) electrons. The molecular formula is C14H21NO3S. The van der Waals surface area contributed by atoms with Crippen molar-refractivity contribution in [1.29, 1.82) is 0 Å². The molecule has 0 bridgehead atoms. The molecule has 1 unspecified atom stereocenters. The minimum absolute atomic E-state index is 0.0395. The Hall–Kier alpha value is -0.910. The first kappa shape index (κ1) is 14.5. The van der Waals surface area contributed by atoms with E-state index in [1.807, 2.05) is 13.0 Å². The van der Waals surface area contributed by atoms with E-state index in [0.29, 0.717) is 17.9 Å². The maximum absolute atomic E-state index is 12.6. The van der Waals surface area contributed by atoms with Crippen LogP contribution in [-0.4, -0.2) is 37.0 Å². The highest BCUT2D eigenvalue weighted by Crippen LogP contribution is 2.28. The molecule has 4 nitrogen and oxygen atoms in total. The Labute approximate surface area is 115 Å². The predicted octanol–water partition coefficient (Wildman–Crippen LogP) is 1.92. The summed E-state index contributed by atoms with van der Waals surface area (Å²) in [6.45, 7) is 2.60. The van der Waals surface area contributed by atoms with Gasteiger partial charge in [0.25, 0.3) is 0 Å². The van der Waals surface area contributed by atoms with E-state index >= 15 is 0 Å². The maximum atomic E-state index is 12.6. The number of rotatable bonds is 5. The van der Waals surface area contributed by atoms with E-state index in [4.69, 9.17) is 5.11 Å². The third-order valence-electron chi connectivity index (χ3n) is 3.61. The molecule has 5 heteroatoms. The summed E-state index contributed by atoms with van der Waals surface area (Å²) in [5, 5.41) is 8.90. The van der Waals surface area contributed by atoms with E-state index < -0.39 is 10.0 Å². The van der Waals surface area contributed by atoms with Gasteiger partial charge in [0.1, 0.15) is 0 Å². The quantitative estimate of drug-likeness (QED) is 0.898. The minimum atomic E-state index is -3.39. The Morgan fingerprint density at radius 2 is 2.21 bits per heavy atom. The second kappa shape index (κ2) is 6.03. The summed E-state index contributed by atoms with van der Waals surface area (Å²) in [7, 11) is -3.39. The van der Waals surface area contributed by atoms with Crippen LogP contribution < -0.4 is 0 Å². The molecule has 1 saturated heterocycles. The molecular weight excluding hydrogens is 262 g/mol. The molecule has 19 heavy (non-hydrogen) atoms. The summed E-state index contributed by atoms with van der Waals surface area (Å²) >= 11 is 0. The van der Waals surface area contributed by atoms with Gasteiger partial charge in [-0.05, 0) is 50.3 Å². The van der Waals surface area contributed by atoms with Crippen LogP contribution in [0, 0.1) is 6.92 Å². The van der Waals surface area contributed by atoms with Crippen LogP contribution in [-0.2, 0) is 10.0 Å². The summed E-state index contributed by atoms with van der Waals surface area (Å²) in [6, 6.07) is 7.09.